The van der Waals surface area contributed by atoms with Gasteiger partial charge in [0.1, 0.15) is 5.92 Å². The topological polar surface area (TPSA) is 52.9 Å². The van der Waals surface area contributed by atoms with E-state index < -0.39 is 5.92 Å². The molecule has 0 aliphatic heterocycles. The number of nitrogens with zero attached hydrogens (tertiary/aromatic N) is 1. The molecule has 0 radical (unpaired) electrons. The second kappa shape index (κ2) is 6.64. The van der Waals surface area contributed by atoms with Gasteiger partial charge in [0.05, 0.1) is 6.07 Å². The van der Waals surface area contributed by atoms with Gasteiger partial charge in [-0.25, -0.2) is 0 Å². The van der Waals surface area contributed by atoms with Gasteiger partial charge >= 0.3 is 0 Å². The molecule has 0 bridgehead atoms. The van der Waals surface area contributed by atoms with E-state index in [9.17, 15) is 4.79 Å². The van der Waals surface area contributed by atoms with Crippen LogP contribution in [0.1, 0.15) is 52.9 Å². The highest BCUT2D eigenvalue weighted by atomic mass is 16.1. The van der Waals surface area contributed by atoms with Crippen LogP contribution in [0.4, 0.5) is 0 Å². The molecule has 0 saturated heterocycles. The Kier molecular flexibility index (Phi) is 5.47. The summed E-state index contributed by atoms with van der Waals surface area (Å²) in [5.41, 5.74) is 0. The summed E-state index contributed by atoms with van der Waals surface area (Å²) in [6, 6.07) is 2.38. The highest BCUT2D eigenvalue weighted by molar-refractivity contribution is 5.81. The maximum atomic E-state index is 11.9. The number of amides is 1. The van der Waals surface area contributed by atoms with Crippen LogP contribution in [0.15, 0.2) is 0 Å². The molecule has 0 aromatic heterocycles. The zero-order valence-corrected chi connectivity index (χ0v) is 11.2. The van der Waals surface area contributed by atoms with Crippen molar-refractivity contribution in [2.24, 2.45) is 17.8 Å². The molecule has 1 saturated carbocycles. The van der Waals surface area contributed by atoms with Crippen molar-refractivity contribution in [3.63, 3.8) is 0 Å². The third-order valence-electron chi connectivity index (χ3n) is 3.69. The van der Waals surface area contributed by atoms with E-state index in [1.165, 1.54) is 19.3 Å². The van der Waals surface area contributed by atoms with Gasteiger partial charge in [-0.1, -0.05) is 33.6 Å². The summed E-state index contributed by atoms with van der Waals surface area (Å²) < 4.78 is 0. The second-order valence-corrected chi connectivity index (χ2v) is 5.67. The first-order valence-corrected chi connectivity index (χ1v) is 6.74. The monoisotopic (exact) mass is 236 g/mol. The summed E-state index contributed by atoms with van der Waals surface area (Å²) in [5, 5.41) is 12.0. The molecular weight excluding hydrogens is 212 g/mol. The Balaban J connectivity index is 2.48. The van der Waals surface area contributed by atoms with Gasteiger partial charge in [0.2, 0.25) is 5.91 Å². The minimum atomic E-state index is -0.504. The highest BCUT2D eigenvalue weighted by Crippen LogP contribution is 2.23. The predicted molar refractivity (Wildman–Crippen MR) is 68.1 cm³/mol. The molecular formula is C14H24N2O. The summed E-state index contributed by atoms with van der Waals surface area (Å²) in [6.45, 7) is 6.11. The summed E-state index contributed by atoms with van der Waals surface area (Å²) in [4.78, 5) is 11.9. The molecule has 1 fully saturated rings. The van der Waals surface area contributed by atoms with E-state index in [0.717, 1.165) is 18.8 Å². The van der Waals surface area contributed by atoms with Crippen LogP contribution in [-0.2, 0) is 4.79 Å². The number of carbonyl (C=O) groups is 1. The molecule has 0 spiro atoms. The maximum absolute atomic E-state index is 11.9. The lowest BCUT2D eigenvalue weighted by Crippen LogP contribution is -2.39. The van der Waals surface area contributed by atoms with Crippen LogP contribution in [0.3, 0.4) is 0 Å². The van der Waals surface area contributed by atoms with Crippen molar-refractivity contribution in [3.05, 3.63) is 0 Å². The lowest BCUT2D eigenvalue weighted by Gasteiger charge is -2.20. The summed E-state index contributed by atoms with van der Waals surface area (Å²) in [5.74, 6) is 0.274. The normalized spacial score (nSPS) is 27.0. The molecule has 1 aliphatic carbocycles. The molecule has 96 valence electrons. The van der Waals surface area contributed by atoms with E-state index >= 15 is 0 Å². The third kappa shape index (κ3) is 4.38. The minimum Gasteiger partial charge on any atom is -0.352 e. The Bertz CT molecular complexity index is 293. The fourth-order valence-corrected chi connectivity index (χ4v) is 2.43. The standard InChI is InChI=1S/C14H24N2O/c1-10(2)13(9-15)14(17)16-12-6-4-5-11(3)7-8-12/h10-13H,4-8H2,1-3H3,(H,16,17). The van der Waals surface area contributed by atoms with E-state index in [1.54, 1.807) is 0 Å². The van der Waals surface area contributed by atoms with Crippen molar-refractivity contribution in [2.45, 2.75) is 58.9 Å². The zero-order valence-electron chi connectivity index (χ0n) is 11.2. The predicted octanol–water partition coefficient (Wildman–Crippen LogP) is 2.87. The van der Waals surface area contributed by atoms with E-state index in [2.05, 4.69) is 18.3 Å². The van der Waals surface area contributed by atoms with E-state index in [-0.39, 0.29) is 17.9 Å². The fourth-order valence-electron chi connectivity index (χ4n) is 2.43. The average molecular weight is 236 g/mol. The molecule has 1 rings (SSSR count). The van der Waals surface area contributed by atoms with Gasteiger partial charge in [-0.3, -0.25) is 4.79 Å². The Morgan fingerprint density at radius 2 is 2.00 bits per heavy atom. The van der Waals surface area contributed by atoms with Crippen LogP contribution < -0.4 is 5.32 Å². The van der Waals surface area contributed by atoms with Crippen molar-refractivity contribution in [1.29, 1.82) is 5.26 Å². The van der Waals surface area contributed by atoms with Gasteiger partial charge in [0, 0.05) is 6.04 Å². The van der Waals surface area contributed by atoms with Crippen LogP contribution in [0.25, 0.3) is 0 Å². The van der Waals surface area contributed by atoms with Gasteiger partial charge in [-0.15, -0.1) is 0 Å². The van der Waals surface area contributed by atoms with Crippen LogP contribution in [0, 0.1) is 29.1 Å². The van der Waals surface area contributed by atoms with Gasteiger partial charge in [-0.05, 0) is 31.1 Å². The molecule has 1 N–H and O–H groups in total. The molecule has 3 nitrogen and oxygen atoms in total. The zero-order chi connectivity index (χ0) is 12.8. The lowest BCUT2D eigenvalue weighted by molar-refractivity contribution is -0.125. The van der Waals surface area contributed by atoms with Gasteiger partial charge in [-0.2, -0.15) is 5.26 Å². The molecule has 1 amide bonds. The fraction of sp³-hybridized carbons (Fsp3) is 0.857. The molecule has 3 atom stereocenters. The molecule has 3 heteroatoms. The first-order valence-electron chi connectivity index (χ1n) is 6.74. The smallest absolute Gasteiger partial charge is 0.237 e. The van der Waals surface area contributed by atoms with Crippen LogP contribution in [0.2, 0.25) is 0 Å². The van der Waals surface area contributed by atoms with Gasteiger partial charge in [0.15, 0.2) is 0 Å². The second-order valence-electron chi connectivity index (χ2n) is 5.67. The van der Waals surface area contributed by atoms with Crippen molar-refractivity contribution in [1.82, 2.24) is 5.32 Å². The average Bonchev–Trinajstić information content (AvgIpc) is 2.44. The molecule has 0 heterocycles. The Hall–Kier alpha value is -1.04. The molecule has 0 aromatic carbocycles. The van der Waals surface area contributed by atoms with Crippen molar-refractivity contribution in [2.75, 3.05) is 0 Å². The quantitative estimate of drug-likeness (QED) is 0.766. The Labute approximate surface area is 105 Å². The first-order chi connectivity index (χ1) is 8.04. The Morgan fingerprint density at radius 1 is 1.29 bits per heavy atom. The minimum absolute atomic E-state index is 0.0814. The van der Waals surface area contributed by atoms with Gasteiger partial charge < -0.3 is 5.32 Å². The number of rotatable bonds is 3. The number of hydrogen-bond acceptors (Lipinski definition) is 2. The van der Waals surface area contributed by atoms with Gasteiger partial charge in [0.25, 0.3) is 0 Å². The van der Waals surface area contributed by atoms with Crippen molar-refractivity contribution in [3.8, 4) is 6.07 Å². The molecule has 3 unspecified atom stereocenters. The van der Waals surface area contributed by atoms with Crippen LogP contribution in [0.5, 0.6) is 0 Å². The van der Waals surface area contributed by atoms with Crippen LogP contribution in [-0.4, -0.2) is 11.9 Å². The number of nitrogens with one attached hydrogen (secondary N) is 1. The highest BCUT2D eigenvalue weighted by Gasteiger charge is 2.25. The first kappa shape index (κ1) is 14.0. The number of hydrogen-bond donors (Lipinski definition) is 1. The third-order valence-corrected chi connectivity index (χ3v) is 3.69. The molecule has 0 aromatic rings. The SMILES string of the molecule is CC1CCCC(NC(=O)C(C#N)C(C)C)CC1. The van der Waals surface area contributed by atoms with E-state index in [0.29, 0.717) is 0 Å². The summed E-state index contributed by atoms with van der Waals surface area (Å²) >= 11 is 0. The van der Waals surface area contributed by atoms with Crippen molar-refractivity contribution < 1.29 is 4.79 Å². The summed E-state index contributed by atoms with van der Waals surface area (Å²) in [6.07, 6.45) is 5.75. The van der Waals surface area contributed by atoms with Crippen molar-refractivity contribution >= 4 is 5.91 Å². The maximum Gasteiger partial charge on any atom is 0.237 e. The molecule has 17 heavy (non-hydrogen) atoms. The molecule has 1 aliphatic rings. The van der Waals surface area contributed by atoms with E-state index in [4.69, 9.17) is 5.26 Å². The Morgan fingerprint density at radius 3 is 2.59 bits per heavy atom. The van der Waals surface area contributed by atoms with E-state index in [1.807, 2.05) is 13.8 Å². The summed E-state index contributed by atoms with van der Waals surface area (Å²) in [7, 11) is 0. The van der Waals surface area contributed by atoms with Crippen LogP contribution >= 0.6 is 0 Å². The number of nitriles is 1. The number of carbonyl (C=O) groups excluding carboxylic acids is 1. The largest absolute Gasteiger partial charge is 0.352 e. The lowest BCUT2D eigenvalue weighted by atomic mass is 9.95.